The largest absolute Gasteiger partial charge is 0.507 e. The Kier molecular flexibility index (Phi) is 3.16. The molecule has 1 atom stereocenters. The molecule has 0 bridgehead atoms. The van der Waals surface area contributed by atoms with E-state index in [1.54, 1.807) is 26.0 Å². The van der Waals surface area contributed by atoms with Gasteiger partial charge in [0.2, 0.25) is 0 Å². The zero-order valence-electron chi connectivity index (χ0n) is 7.91. The molecule has 0 aromatic heterocycles. The van der Waals surface area contributed by atoms with Crippen LogP contribution in [-0.2, 0) is 4.79 Å². The molecule has 0 amide bonds. The van der Waals surface area contributed by atoms with Crippen LogP contribution in [-0.4, -0.2) is 16.2 Å². The van der Waals surface area contributed by atoms with E-state index in [-0.39, 0.29) is 5.75 Å². The average molecular weight is 259 g/mol. The highest BCUT2D eigenvalue weighted by Gasteiger charge is 2.19. The molecule has 0 heterocycles. The van der Waals surface area contributed by atoms with Crippen molar-refractivity contribution < 1.29 is 15.0 Å². The Morgan fingerprint density at radius 1 is 1.50 bits per heavy atom. The van der Waals surface area contributed by atoms with Gasteiger partial charge >= 0.3 is 5.97 Å². The Labute approximate surface area is 90.5 Å². The van der Waals surface area contributed by atoms with Gasteiger partial charge in [-0.05, 0) is 31.5 Å². The van der Waals surface area contributed by atoms with E-state index < -0.39 is 11.9 Å². The Morgan fingerprint density at radius 2 is 2.07 bits per heavy atom. The second kappa shape index (κ2) is 4.00. The van der Waals surface area contributed by atoms with Crippen LogP contribution in [0.15, 0.2) is 16.6 Å². The van der Waals surface area contributed by atoms with Crippen LogP contribution < -0.4 is 0 Å². The van der Waals surface area contributed by atoms with Crippen LogP contribution in [0.2, 0.25) is 0 Å². The number of carboxylic acids is 1. The second-order valence-electron chi connectivity index (χ2n) is 3.22. The number of benzene rings is 1. The van der Waals surface area contributed by atoms with Gasteiger partial charge in [-0.1, -0.05) is 15.9 Å². The summed E-state index contributed by atoms with van der Waals surface area (Å²) in [6, 6.07) is 3.37. The van der Waals surface area contributed by atoms with Crippen molar-refractivity contribution in [3.63, 3.8) is 0 Å². The molecule has 0 radical (unpaired) electrons. The van der Waals surface area contributed by atoms with Crippen molar-refractivity contribution in [3.8, 4) is 5.75 Å². The van der Waals surface area contributed by atoms with Gasteiger partial charge < -0.3 is 10.2 Å². The average Bonchev–Trinajstić information content (AvgIpc) is 2.09. The highest BCUT2D eigenvalue weighted by molar-refractivity contribution is 9.10. The van der Waals surface area contributed by atoms with Crippen molar-refractivity contribution >= 4 is 21.9 Å². The Morgan fingerprint density at radius 3 is 2.57 bits per heavy atom. The van der Waals surface area contributed by atoms with E-state index in [1.165, 1.54) is 0 Å². The molecule has 0 saturated heterocycles. The molecule has 1 rings (SSSR count). The summed E-state index contributed by atoms with van der Waals surface area (Å²) in [6.07, 6.45) is 0. The third-order valence-corrected chi connectivity index (χ3v) is 2.59. The molecule has 0 saturated carbocycles. The summed E-state index contributed by atoms with van der Waals surface area (Å²) < 4.78 is 0.774. The lowest BCUT2D eigenvalue weighted by Crippen LogP contribution is -2.08. The maximum atomic E-state index is 10.7. The number of aliphatic carboxylic acids is 1. The summed E-state index contributed by atoms with van der Waals surface area (Å²) in [7, 11) is 0. The van der Waals surface area contributed by atoms with Gasteiger partial charge in [-0.3, -0.25) is 4.79 Å². The van der Waals surface area contributed by atoms with Crippen molar-refractivity contribution in [1.29, 1.82) is 0 Å². The SMILES string of the molecule is Cc1cc(Br)cc(C(C)C(=O)O)c1O. The lowest BCUT2D eigenvalue weighted by molar-refractivity contribution is -0.138. The molecule has 0 spiro atoms. The molecule has 0 aliphatic rings. The van der Waals surface area contributed by atoms with Crippen LogP contribution in [0.5, 0.6) is 5.75 Å². The van der Waals surface area contributed by atoms with E-state index in [1.807, 2.05) is 0 Å². The van der Waals surface area contributed by atoms with Crippen molar-refractivity contribution in [3.05, 3.63) is 27.7 Å². The van der Waals surface area contributed by atoms with Crippen LogP contribution in [0.3, 0.4) is 0 Å². The van der Waals surface area contributed by atoms with Crippen LogP contribution in [0.4, 0.5) is 0 Å². The summed E-state index contributed by atoms with van der Waals surface area (Å²) in [4.78, 5) is 10.7. The number of phenols is 1. The molecule has 0 aliphatic heterocycles. The molecule has 2 N–H and O–H groups in total. The van der Waals surface area contributed by atoms with E-state index in [4.69, 9.17) is 5.11 Å². The Balaban J connectivity index is 3.26. The van der Waals surface area contributed by atoms with Crippen molar-refractivity contribution in [2.24, 2.45) is 0 Å². The van der Waals surface area contributed by atoms with E-state index >= 15 is 0 Å². The molecule has 3 nitrogen and oxygen atoms in total. The fourth-order valence-corrected chi connectivity index (χ4v) is 1.81. The number of rotatable bonds is 2. The van der Waals surface area contributed by atoms with Crippen molar-refractivity contribution in [2.75, 3.05) is 0 Å². The molecule has 0 fully saturated rings. The van der Waals surface area contributed by atoms with Gasteiger partial charge in [-0.15, -0.1) is 0 Å². The van der Waals surface area contributed by atoms with E-state index in [9.17, 15) is 9.90 Å². The molecule has 14 heavy (non-hydrogen) atoms. The van der Waals surface area contributed by atoms with Crippen LogP contribution in [0.25, 0.3) is 0 Å². The van der Waals surface area contributed by atoms with Gasteiger partial charge in [0.1, 0.15) is 5.75 Å². The first-order valence-electron chi connectivity index (χ1n) is 4.15. The predicted octanol–water partition coefficient (Wildman–Crippen LogP) is 2.65. The predicted molar refractivity (Wildman–Crippen MR) is 56.6 cm³/mol. The maximum absolute atomic E-state index is 10.7. The normalized spacial score (nSPS) is 12.5. The Bertz CT molecular complexity index is 374. The molecule has 0 aliphatic carbocycles. The smallest absolute Gasteiger partial charge is 0.310 e. The topological polar surface area (TPSA) is 57.5 Å². The number of phenolic OH excluding ortho intramolecular Hbond substituents is 1. The first-order chi connectivity index (χ1) is 6.43. The standard InChI is InChI=1S/C10H11BrO3/c1-5-3-7(11)4-8(9(5)12)6(2)10(13)14/h3-4,6,12H,1-2H3,(H,13,14). The monoisotopic (exact) mass is 258 g/mol. The van der Waals surface area contributed by atoms with Crippen molar-refractivity contribution in [2.45, 2.75) is 19.8 Å². The lowest BCUT2D eigenvalue weighted by Gasteiger charge is -2.11. The van der Waals surface area contributed by atoms with Gasteiger partial charge in [-0.2, -0.15) is 0 Å². The zero-order valence-corrected chi connectivity index (χ0v) is 9.50. The summed E-state index contributed by atoms with van der Waals surface area (Å²) in [6.45, 7) is 3.28. The minimum Gasteiger partial charge on any atom is -0.507 e. The molecule has 1 aromatic rings. The Hall–Kier alpha value is -1.03. The van der Waals surface area contributed by atoms with E-state index in [0.29, 0.717) is 11.1 Å². The molecule has 1 aromatic carbocycles. The number of carboxylic acid groups (broad SMARTS) is 1. The molecule has 1 unspecified atom stereocenters. The summed E-state index contributed by atoms with van der Waals surface area (Å²) >= 11 is 3.26. The summed E-state index contributed by atoms with van der Waals surface area (Å²) in [5, 5.41) is 18.5. The van der Waals surface area contributed by atoms with E-state index in [0.717, 1.165) is 4.47 Å². The van der Waals surface area contributed by atoms with Crippen LogP contribution in [0, 0.1) is 6.92 Å². The minimum atomic E-state index is -0.946. The molecule has 4 heteroatoms. The highest BCUT2D eigenvalue weighted by atomic mass is 79.9. The zero-order chi connectivity index (χ0) is 10.9. The van der Waals surface area contributed by atoms with E-state index in [2.05, 4.69) is 15.9 Å². The van der Waals surface area contributed by atoms with Gasteiger partial charge in [0.15, 0.2) is 0 Å². The summed E-state index contributed by atoms with van der Waals surface area (Å²) in [5.41, 5.74) is 1.10. The number of hydrogen-bond donors (Lipinski definition) is 2. The van der Waals surface area contributed by atoms with Crippen LogP contribution in [0.1, 0.15) is 24.0 Å². The second-order valence-corrected chi connectivity index (χ2v) is 4.14. The maximum Gasteiger partial charge on any atom is 0.310 e. The third kappa shape index (κ3) is 2.07. The number of halogens is 1. The lowest BCUT2D eigenvalue weighted by atomic mass is 9.98. The first-order valence-corrected chi connectivity index (χ1v) is 4.94. The first kappa shape index (κ1) is 11.0. The highest BCUT2D eigenvalue weighted by Crippen LogP contribution is 2.32. The third-order valence-electron chi connectivity index (χ3n) is 2.13. The quantitative estimate of drug-likeness (QED) is 0.858. The van der Waals surface area contributed by atoms with Crippen molar-refractivity contribution in [1.82, 2.24) is 0 Å². The molecular formula is C10H11BrO3. The number of aryl methyl sites for hydroxylation is 1. The number of hydrogen-bond acceptors (Lipinski definition) is 2. The van der Waals surface area contributed by atoms with Gasteiger partial charge in [0.05, 0.1) is 5.92 Å². The minimum absolute atomic E-state index is 0.0584. The fourth-order valence-electron chi connectivity index (χ4n) is 1.22. The fraction of sp³-hybridized carbons (Fsp3) is 0.300. The van der Waals surface area contributed by atoms with Gasteiger partial charge in [-0.25, -0.2) is 0 Å². The number of carbonyl (C=O) groups is 1. The van der Waals surface area contributed by atoms with Crippen LogP contribution >= 0.6 is 15.9 Å². The molecule has 76 valence electrons. The molecular weight excluding hydrogens is 248 g/mol. The summed E-state index contributed by atoms with van der Waals surface area (Å²) in [5.74, 6) is -1.59. The number of aromatic hydroxyl groups is 1. The van der Waals surface area contributed by atoms with Gasteiger partial charge in [0, 0.05) is 10.0 Å². The van der Waals surface area contributed by atoms with Gasteiger partial charge in [0.25, 0.3) is 0 Å².